The monoisotopic (exact) mass is 279 g/mol. The molecule has 0 spiro atoms. The molecule has 4 nitrogen and oxygen atoms in total. The van der Waals surface area contributed by atoms with Crippen molar-refractivity contribution in [3.63, 3.8) is 0 Å². The van der Waals surface area contributed by atoms with Crippen LogP contribution in [0, 0.1) is 0 Å². The third-order valence-electron chi connectivity index (χ3n) is 3.15. The average Bonchev–Trinajstić information content (AvgIpc) is 2.37. The van der Waals surface area contributed by atoms with Gasteiger partial charge in [-0.05, 0) is 18.6 Å². The molecular weight excluding hydrogens is 266 g/mol. The summed E-state index contributed by atoms with van der Waals surface area (Å²) in [5.74, 6) is -0.938. The van der Waals surface area contributed by atoms with Crippen molar-refractivity contribution in [3.8, 4) is 0 Å². The molecule has 1 aromatic carbocycles. The lowest BCUT2D eigenvalue weighted by molar-refractivity contribution is -0.136. The molecule has 1 N–H and O–H groups in total. The summed E-state index contributed by atoms with van der Waals surface area (Å²) in [6, 6.07) is 7.20. The lowest BCUT2D eigenvalue weighted by atomic mass is 9.84. The second-order valence-corrected chi connectivity index (χ2v) is 4.76. The number of benzene rings is 1. The number of hydrogen-bond acceptors (Lipinski definition) is 3. The fourth-order valence-corrected chi connectivity index (χ4v) is 2.57. The highest BCUT2D eigenvalue weighted by Gasteiger charge is 2.33. The number of esters is 1. The second-order valence-electron chi connectivity index (χ2n) is 4.36. The molecule has 5 heteroatoms. The maximum atomic E-state index is 11.9. The molecule has 19 heavy (non-hydrogen) atoms. The number of hydrogen-bond donors (Lipinski definition) is 1. The van der Waals surface area contributed by atoms with E-state index in [1.54, 1.807) is 13.0 Å². The fourth-order valence-electron chi connectivity index (χ4n) is 2.30. The van der Waals surface area contributed by atoms with Crippen molar-refractivity contribution in [1.82, 2.24) is 5.32 Å². The van der Waals surface area contributed by atoms with Gasteiger partial charge in [0.15, 0.2) is 0 Å². The van der Waals surface area contributed by atoms with Crippen LogP contribution in [0.2, 0.25) is 5.02 Å². The van der Waals surface area contributed by atoms with E-state index in [4.69, 9.17) is 16.3 Å². The summed E-state index contributed by atoms with van der Waals surface area (Å²) in [5.41, 5.74) is 1.74. The van der Waals surface area contributed by atoms with Gasteiger partial charge in [-0.25, -0.2) is 4.79 Å². The van der Waals surface area contributed by atoms with Crippen LogP contribution >= 0.6 is 11.6 Å². The lowest BCUT2D eigenvalue weighted by Gasteiger charge is -2.26. The van der Waals surface area contributed by atoms with Crippen LogP contribution in [0.25, 0.3) is 0 Å². The summed E-state index contributed by atoms with van der Waals surface area (Å²) >= 11 is 6.16. The second kappa shape index (κ2) is 5.45. The molecule has 1 amide bonds. The number of nitrogens with one attached hydrogen (secondary N) is 1. The van der Waals surface area contributed by atoms with Gasteiger partial charge in [0.25, 0.3) is 0 Å². The highest BCUT2D eigenvalue weighted by molar-refractivity contribution is 6.31. The molecule has 1 aromatic rings. The van der Waals surface area contributed by atoms with Gasteiger partial charge in [-0.15, -0.1) is 0 Å². The Morgan fingerprint density at radius 3 is 2.74 bits per heavy atom. The topological polar surface area (TPSA) is 55.4 Å². The number of rotatable bonds is 2. The lowest BCUT2D eigenvalue weighted by Crippen LogP contribution is -2.34. The molecule has 0 saturated carbocycles. The van der Waals surface area contributed by atoms with Crippen molar-refractivity contribution in [2.24, 2.45) is 0 Å². The Labute approximate surface area is 116 Å². The Kier molecular flexibility index (Phi) is 3.90. The van der Waals surface area contributed by atoms with Gasteiger partial charge in [0.2, 0.25) is 5.91 Å². The number of allylic oxidation sites excluding steroid dienone is 1. The van der Waals surface area contributed by atoms with Crippen molar-refractivity contribution in [2.75, 3.05) is 7.11 Å². The van der Waals surface area contributed by atoms with E-state index in [-0.39, 0.29) is 18.2 Å². The molecule has 0 aliphatic carbocycles. The van der Waals surface area contributed by atoms with Gasteiger partial charge in [0.1, 0.15) is 0 Å². The van der Waals surface area contributed by atoms with Gasteiger partial charge in [-0.2, -0.15) is 0 Å². The first-order valence-corrected chi connectivity index (χ1v) is 6.25. The minimum Gasteiger partial charge on any atom is -0.466 e. The van der Waals surface area contributed by atoms with Crippen LogP contribution in [0.1, 0.15) is 24.8 Å². The van der Waals surface area contributed by atoms with Gasteiger partial charge in [-0.1, -0.05) is 29.8 Å². The van der Waals surface area contributed by atoms with E-state index in [0.29, 0.717) is 16.3 Å². The highest BCUT2D eigenvalue weighted by Crippen LogP contribution is 2.36. The van der Waals surface area contributed by atoms with Crippen LogP contribution in [-0.4, -0.2) is 19.0 Å². The van der Waals surface area contributed by atoms with E-state index in [1.807, 2.05) is 18.2 Å². The van der Waals surface area contributed by atoms with Crippen molar-refractivity contribution in [1.29, 1.82) is 0 Å². The fraction of sp³-hybridized carbons (Fsp3) is 0.286. The third-order valence-corrected chi connectivity index (χ3v) is 3.50. The molecule has 1 atom stereocenters. The Morgan fingerprint density at radius 2 is 2.11 bits per heavy atom. The van der Waals surface area contributed by atoms with Crippen LogP contribution in [0.4, 0.5) is 0 Å². The predicted molar refractivity (Wildman–Crippen MR) is 71.7 cm³/mol. The number of halogens is 1. The molecule has 1 aliphatic rings. The summed E-state index contributed by atoms with van der Waals surface area (Å²) in [7, 11) is 1.32. The molecule has 1 aliphatic heterocycles. The van der Waals surface area contributed by atoms with Gasteiger partial charge in [-0.3, -0.25) is 4.79 Å². The Morgan fingerprint density at radius 1 is 1.42 bits per heavy atom. The van der Waals surface area contributed by atoms with E-state index in [2.05, 4.69) is 5.32 Å². The van der Waals surface area contributed by atoms with Crippen molar-refractivity contribution < 1.29 is 14.3 Å². The zero-order chi connectivity index (χ0) is 14.0. The number of ether oxygens (including phenoxy) is 1. The molecule has 0 bridgehead atoms. The van der Waals surface area contributed by atoms with E-state index in [1.165, 1.54) is 7.11 Å². The maximum Gasteiger partial charge on any atom is 0.336 e. The minimum absolute atomic E-state index is 0.130. The maximum absolute atomic E-state index is 11.9. The van der Waals surface area contributed by atoms with Crippen molar-refractivity contribution >= 4 is 23.5 Å². The van der Waals surface area contributed by atoms with Crippen molar-refractivity contribution in [3.05, 3.63) is 46.1 Å². The summed E-state index contributed by atoms with van der Waals surface area (Å²) in [4.78, 5) is 23.6. The van der Waals surface area contributed by atoms with Crippen LogP contribution < -0.4 is 5.32 Å². The average molecular weight is 280 g/mol. The summed E-state index contributed by atoms with van der Waals surface area (Å²) in [5, 5.41) is 3.20. The van der Waals surface area contributed by atoms with E-state index in [0.717, 1.165) is 5.56 Å². The van der Waals surface area contributed by atoms with E-state index >= 15 is 0 Å². The quantitative estimate of drug-likeness (QED) is 0.846. The van der Waals surface area contributed by atoms with Crippen molar-refractivity contribution in [2.45, 2.75) is 19.3 Å². The number of methoxy groups -OCH3 is 1. The molecule has 1 heterocycles. The SMILES string of the molecule is COC(=O)C1=C(C)NC(=O)CC1c1ccccc1Cl. The highest BCUT2D eigenvalue weighted by atomic mass is 35.5. The zero-order valence-corrected chi connectivity index (χ0v) is 11.5. The summed E-state index contributed by atoms with van der Waals surface area (Å²) in [6.45, 7) is 1.69. The number of carbonyl (C=O) groups is 2. The molecule has 2 rings (SSSR count). The minimum atomic E-state index is -0.442. The first kappa shape index (κ1) is 13.6. The van der Waals surface area contributed by atoms with Crippen LogP contribution in [-0.2, 0) is 14.3 Å². The number of carbonyl (C=O) groups excluding carboxylic acids is 2. The molecular formula is C14H14ClNO3. The normalized spacial score (nSPS) is 19.1. The molecule has 1 unspecified atom stereocenters. The van der Waals surface area contributed by atoms with Gasteiger partial charge < -0.3 is 10.1 Å². The summed E-state index contributed by atoms with van der Waals surface area (Å²) < 4.78 is 4.80. The summed E-state index contributed by atoms with van der Waals surface area (Å²) in [6.07, 6.45) is 0.186. The molecule has 100 valence electrons. The Hall–Kier alpha value is -1.81. The largest absolute Gasteiger partial charge is 0.466 e. The van der Waals surface area contributed by atoms with Crippen LogP contribution in [0.3, 0.4) is 0 Å². The molecule has 0 radical (unpaired) electrons. The molecule has 0 fully saturated rings. The molecule has 0 aromatic heterocycles. The molecule has 0 saturated heterocycles. The standard InChI is InChI=1S/C14H14ClNO3/c1-8-13(14(18)19-2)10(7-12(17)16-8)9-5-3-4-6-11(9)15/h3-6,10H,7H2,1-2H3,(H,16,17). The van der Waals surface area contributed by atoms with Gasteiger partial charge in [0, 0.05) is 23.1 Å². The first-order valence-electron chi connectivity index (χ1n) is 5.88. The van der Waals surface area contributed by atoms with Crippen LogP contribution in [0.15, 0.2) is 35.5 Å². The third kappa shape index (κ3) is 2.63. The Bertz CT molecular complexity index is 566. The number of amides is 1. The smallest absolute Gasteiger partial charge is 0.336 e. The van der Waals surface area contributed by atoms with Gasteiger partial charge in [0.05, 0.1) is 12.7 Å². The van der Waals surface area contributed by atoms with Gasteiger partial charge >= 0.3 is 5.97 Å². The van der Waals surface area contributed by atoms with E-state index < -0.39 is 5.97 Å². The first-order chi connectivity index (χ1) is 9.04. The predicted octanol–water partition coefficient (Wildman–Crippen LogP) is 2.39. The van der Waals surface area contributed by atoms with E-state index in [9.17, 15) is 9.59 Å². The zero-order valence-electron chi connectivity index (χ0n) is 10.7. The van der Waals surface area contributed by atoms with Crippen LogP contribution in [0.5, 0.6) is 0 Å². The Balaban J connectivity index is 2.53.